The molecule has 0 radical (unpaired) electrons. The summed E-state index contributed by atoms with van der Waals surface area (Å²) in [4.78, 5) is 23.5. The number of fused-ring (bicyclic) bond motifs is 2. The van der Waals surface area contributed by atoms with Crippen LogP contribution in [0.25, 0.3) is 21.5 Å². The normalized spacial score (nSPS) is 9.93. The van der Waals surface area contributed by atoms with Crippen molar-refractivity contribution >= 4 is 33.9 Å². The van der Waals surface area contributed by atoms with Gasteiger partial charge in [0.05, 0.1) is 0 Å². The average Bonchev–Trinajstić information content (AvgIpc) is 2.70. The minimum atomic E-state index is -0.909. The summed E-state index contributed by atoms with van der Waals surface area (Å²) < 4.78 is 20.0. The van der Waals surface area contributed by atoms with Gasteiger partial charge in [-0.25, -0.2) is 9.59 Å². The fourth-order valence-corrected chi connectivity index (χ4v) is 2.61. The first-order valence-corrected chi connectivity index (χ1v) is 8.14. The van der Waals surface area contributed by atoms with Crippen molar-refractivity contribution in [2.24, 2.45) is 0 Å². The number of hydrogen-bond donors (Lipinski definition) is 0. The Bertz CT molecular complexity index is 1050. The highest BCUT2D eigenvalue weighted by Gasteiger charge is 2.13. The molecule has 0 unspecified atom stereocenters. The quantitative estimate of drug-likeness (QED) is 0.294. The average molecular weight is 374 g/mol. The van der Waals surface area contributed by atoms with Crippen molar-refractivity contribution in [3.05, 3.63) is 48.5 Å². The second kappa shape index (κ2) is 8.48. The molecule has 0 fully saturated rings. The van der Waals surface area contributed by atoms with Crippen LogP contribution in [-0.4, -0.2) is 25.5 Å². The molecular formula is C22H14O6. The molecule has 0 saturated carbocycles. The van der Waals surface area contributed by atoms with Crippen molar-refractivity contribution in [1.29, 1.82) is 0 Å². The first-order valence-electron chi connectivity index (χ1n) is 8.14. The zero-order chi connectivity index (χ0) is 19.9. The first kappa shape index (κ1) is 18.6. The number of carbonyl (C=O) groups is 2. The van der Waals surface area contributed by atoms with Crippen LogP contribution in [0.15, 0.2) is 48.5 Å². The predicted molar refractivity (Wildman–Crippen MR) is 103 cm³/mol. The smallest absolute Gasteiger partial charge is 0.421 e. The van der Waals surface area contributed by atoms with E-state index in [2.05, 4.69) is 11.8 Å². The highest BCUT2D eigenvalue weighted by Crippen LogP contribution is 2.34. The van der Waals surface area contributed by atoms with Crippen LogP contribution in [0.4, 0.5) is 9.59 Å². The Balaban J connectivity index is 2.01. The second-order valence-corrected chi connectivity index (χ2v) is 5.50. The third-order valence-electron chi connectivity index (χ3n) is 3.73. The maximum absolute atomic E-state index is 11.7. The van der Waals surface area contributed by atoms with E-state index in [1.807, 2.05) is 18.2 Å². The Labute approximate surface area is 160 Å². The van der Waals surface area contributed by atoms with Gasteiger partial charge in [0.25, 0.3) is 0 Å². The van der Waals surface area contributed by atoms with Gasteiger partial charge in [0.2, 0.25) is 0 Å². The van der Waals surface area contributed by atoms with Crippen LogP contribution < -0.4 is 9.47 Å². The fourth-order valence-electron chi connectivity index (χ4n) is 2.61. The molecule has 0 amide bonds. The Hall–Kier alpha value is -4.16. The monoisotopic (exact) mass is 374 g/mol. The maximum Gasteiger partial charge on any atom is 0.514 e. The van der Waals surface area contributed by atoms with Crippen molar-refractivity contribution in [2.45, 2.75) is 0 Å². The van der Waals surface area contributed by atoms with Crippen LogP contribution >= 0.6 is 0 Å². The Kier molecular flexibility index (Phi) is 5.64. The summed E-state index contributed by atoms with van der Waals surface area (Å²) in [6, 6.07) is 14.1. The standard InChI is InChI=1S/C22H14O6/c1-3-11-25-21(23)27-19-9-5-7-15-13-16-8-6-10-20(18(16)14-17(15)19)28-22(24)26-12-4-2/h1-2,5-10,13-14H,11-12H2. The molecule has 6 heteroatoms. The van der Waals surface area contributed by atoms with Crippen molar-refractivity contribution in [1.82, 2.24) is 0 Å². The number of rotatable bonds is 4. The molecule has 0 aromatic heterocycles. The summed E-state index contributed by atoms with van der Waals surface area (Å²) in [5, 5.41) is 2.89. The highest BCUT2D eigenvalue weighted by molar-refractivity contribution is 6.04. The highest BCUT2D eigenvalue weighted by atomic mass is 16.7. The number of terminal acetylenes is 2. The molecule has 3 aromatic carbocycles. The van der Waals surface area contributed by atoms with Gasteiger partial charge in [-0.15, -0.1) is 12.8 Å². The molecule has 0 N–H and O–H groups in total. The SMILES string of the molecule is C#CCOC(=O)Oc1cccc2cc3cccc(OC(=O)OCC#C)c3cc12. The van der Waals surface area contributed by atoms with E-state index in [1.54, 1.807) is 30.3 Å². The molecule has 0 aliphatic carbocycles. The van der Waals surface area contributed by atoms with Crippen molar-refractivity contribution in [3.8, 4) is 36.2 Å². The van der Waals surface area contributed by atoms with E-state index in [4.69, 9.17) is 31.8 Å². The molecular weight excluding hydrogens is 360 g/mol. The first-order chi connectivity index (χ1) is 13.6. The van der Waals surface area contributed by atoms with Crippen molar-refractivity contribution in [3.63, 3.8) is 0 Å². The Morgan fingerprint density at radius 3 is 1.64 bits per heavy atom. The van der Waals surface area contributed by atoms with Gasteiger partial charge < -0.3 is 18.9 Å². The third kappa shape index (κ3) is 4.14. The summed E-state index contributed by atoms with van der Waals surface area (Å²) in [6.45, 7) is -0.380. The van der Waals surface area contributed by atoms with E-state index in [-0.39, 0.29) is 24.7 Å². The molecule has 0 bridgehead atoms. The summed E-state index contributed by atoms with van der Waals surface area (Å²) in [5.74, 6) is 4.95. The number of carbonyl (C=O) groups excluding carboxylic acids is 2. The van der Waals surface area contributed by atoms with Crippen LogP contribution in [0.2, 0.25) is 0 Å². The molecule has 28 heavy (non-hydrogen) atoms. The molecule has 3 rings (SSSR count). The number of hydrogen-bond acceptors (Lipinski definition) is 6. The van der Waals surface area contributed by atoms with E-state index >= 15 is 0 Å². The molecule has 0 heterocycles. The summed E-state index contributed by atoms with van der Waals surface area (Å²) >= 11 is 0. The number of benzene rings is 3. The predicted octanol–water partition coefficient (Wildman–Crippen LogP) is 4.29. The van der Waals surface area contributed by atoms with Crippen molar-refractivity contribution in [2.75, 3.05) is 13.2 Å². The second-order valence-electron chi connectivity index (χ2n) is 5.50. The van der Waals surface area contributed by atoms with E-state index in [1.165, 1.54) is 0 Å². The van der Waals surface area contributed by atoms with Crippen LogP contribution in [0.1, 0.15) is 0 Å². The lowest BCUT2D eigenvalue weighted by atomic mass is 10.0. The lowest BCUT2D eigenvalue weighted by molar-refractivity contribution is 0.111. The summed E-state index contributed by atoms with van der Waals surface area (Å²) in [6.07, 6.45) is 8.31. The molecule has 3 aromatic rings. The maximum atomic E-state index is 11.7. The molecule has 138 valence electrons. The zero-order valence-electron chi connectivity index (χ0n) is 14.6. The molecule has 6 nitrogen and oxygen atoms in total. The van der Waals surface area contributed by atoms with Gasteiger partial charge in [0, 0.05) is 10.8 Å². The fraction of sp³-hybridized carbons (Fsp3) is 0.0909. The Morgan fingerprint density at radius 1 is 0.750 bits per heavy atom. The van der Waals surface area contributed by atoms with E-state index in [0.717, 1.165) is 10.8 Å². The largest absolute Gasteiger partial charge is 0.514 e. The van der Waals surface area contributed by atoms with Gasteiger partial charge >= 0.3 is 12.3 Å². The summed E-state index contributed by atoms with van der Waals surface area (Å²) in [5.41, 5.74) is 0. The molecule has 0 aliphatic rings. The van der Waals surface area contributed by atoms with Crippen LogP contribution in [0.3, 0.4) is 0 Å². The molecule has 0 saturated heterocycles. The molecule has 0 spiro atoms. The van der Waals surface area contributed by atoms with Gasteiger partial charge in [0.15, 0.2) is 13.2 Å². The third-order valence-corrected chi connectivity index (χ3v) is 3.73. The summed E-state index contributed by atoms with van der Waals surface area (Å²) in [7, 11) is 0. The van der Waals surface area contributed by atoms with Crippen molar-refractivity contribution < 1.29 is 28.5 Å². The van der Waals surface area contributed by atoms with E-state index in [0.29, 0.717) is 10.8 Å². The minimum absolute atomic E-state index is 0.190. The zero-order valence-corrected chi connectivity index (χ0v) is 14.6. The molecule has 0 atom stereocenters. The topological polar surface area (TPSA) is 71.1 Å². The van der Waals surface area contributed by atoms with Crippen LogP contribution in [-0.2, 0) is 9.47 Å². The van der Waals surface area contributed by atoms with E-state index in [9.17, 15) is 9.59 Å². The Morgan fingerprint density at radius 2 is 1.21 bits per heavy atom. The molecule has 0 aliphatic heterocycles. The van der Waals surface area contributed by atoms with Crippen LogP contribution in [0, 0.1) is 24.7 Å². The van der Waals surface area contributed by atoms with Crippen LogP contribution in [0.5, 0.6) is 11.5 Å². The van der Waals surface area contributed by atoms with Gasteiger partial charge in [-0.1, -0.05) is 36.1 Å². The van der Waals surface area contributed by atoms with Gasteiger partial charge in [-0.2, -0.15) is 0 Å². The van der Waals surface area contributed by atoms with Gasteiger partial charge in [-0.3, -0.25) is 0 Å². The van der Waals surface area contributed by atoms with Gasteiger partial charge in [0.1, 0.15) is 11.5 Å². The minimum Gasteiger partial charge on any atom is -0.421 e. The number of ether oxygens (including phenoxy) is 4. The lowest BCUT2D eigenvalue weighted by Gasteiger charge is -2.11. The van der Waals surface area contributed by atoms with E-state index < -0.39 is 12.3 Å². The lowest BCUT2D eigenvalue weighted by Crippen LogP contribution is -2.11. The van der Waals surface area contributed by atoms with Gasteiger partial charge in [-0.05, 0) is 35.0 Å².